The molecular weight excluding hydrogens is 156 g/mol. The van der Waals surface area contributed by atoms with Crippen LogP contribution in [0.2, 0.25) is 0 Å². The molecule has 12 heavy (non-hydrogen) atoms. The van der Waals surface area contributed by atoms with Crippen LogP contribution in [0.25, 0.3) is 0 Å². The topological polar surface area (TPSA) is 39.4 Å². The minimum absolute atomic E-state index is 0.310. The second-order valence-electron chi connectivity index (χ2n) is 3.02. The first kappa shape index (κ1) is 7.40. The average molecular weight is 166 g/mol. The van der Waals surface area contributed by atoms with Crippen LogP contribution in [-0.4, -0.2) is 5.97 Å². The molecule has 64 valence electrons. The van der Waals surface area contributed by atoms with Crippen molar-refractivity contribution in [3.05, 3.63) is 17.9 Å². The minimum atomic E-state index is -0.341. The van der Waals surface area contributed by atoms with E-state index in [9.17, 15) is 4.79 Å². The fraction of sp³-hybridized carbons (Fsp3) is 0.444. The first-order chi connectivity index (χ1) is 5.75. The summed E-state index contributed by atoms with van der Waals surface area (Å²) < 4.78 is 10.0. The van der Waals surface area contributed by atoms with Crippen molar-refractivity contribution in [2.75, 3.05) is 0 Å². The Balaban J connectivity index is 2.07. The smallest absolute Gasteiger partial charge is 0.310 e. The van der Waals surface area contributed by atoms with Gasteiger partial charge in [0.05, 0.1) is 0 Å². The molecule has 0 N–H and O–H groups in total. The predicted octanol–water partition coefficient (Wildman–Crippen LogP) is 2.08. The number of carbonyl (C=O) groups is 1. The Bertz CT molecular complexity index is 296. The molecule has 1 saturated carbocycles. The van der Waals surface area contributed by atoms with E-state index >= 15 is 0 Å². The standard InChI is InChI=1S/C9H10O3/c1-6(10)11-9-5-4-8(12-9)7-2-3-7/h4-5,7H,2-3H2,1H3. The minimum Gasteiger partial charge on any atom is -0.430 e. The van der Waals surface area contributed by atoms with Crippen molar-refractivity contribution in [1.82, 2.24) is 0 Å². The van der Waals surface area contributed by atoms with Crippen molar-refractivity contribution >= 4 is 5.97 Å². The van der Waals surface area contributed by atoms with E-state index in [1.54, 1.807) is 6.07 Å². The number of ether oxygens (including phenoxy) is 1. The van der Waals surface area contributed by atoms with E-state index in [2.05, 4.69) is 0 Å². The predicted molar refractivity (Wildman–Crippen MR) is 42.0 cm³/mol. The molecule has 0 amide bonds. The summed E-state index contributed by atoms with van der Waals surface area (Å²) in [7, 11) is 0. The molecule has 3 heteroatoms. The van der Waals surface area contributed by atoms with Gasteiger partial charge < -0.3 is 9.15 Å². The molecule has 0 radical (unpaired) electrons. The van der Waals surface area contributed by atoms with Gasteiger partial charge in [-0.1, -0.05) is 0 Å². The summed E-state index contributed by atoms with van der Waals surface area (Å²) in [5, 5.41) is 0. The third-order valence-corrected chi connectivity index (χ3v) is 1.83. The van der Waals surface area contributed by atoms with Gasteiger partial charge in [-0.3, -0.25) is 4.79 Å². The Morgan fingerprint density at radius 2 is 2.33 bits per heavy atom. The molecule has 0 aliphatic heterocycles. The maximum Gasteiger partial charge on any atom is 0.310 e. The van der Waals surface area contributed by atoms with Gasteiger partial charge in [-0.05, 0) is 18.9 Å². The highest BCUT2D eigenvalue weighted by Crippen LogP contribution is 2.41. The number of carbonyl (C=O) groups excluding carboxylic acids is 1. The van der Waals surface area contributed by atoms with Crippen molar-refractivity contribution in [1.29, 1.82) is 0 Å². The van der Waals surface area contributed by atoms with E-state index in [0.717, 1.165) is 5.76 Å². The first-order valence-corrected chi connectivity index (χ1v) is 4.04. The van der Waals surface area contributed by atoms with Gasteiger partial charge in [0.1, 0.15) is 5.76 Å². The van der Waals surface area contributed by atoms with Crippen molar-refractivity contribution in [3.63, 3.8) is 0 Å². The van der Waals surface area contributed by atoms with E-state index < -0.39 is 0 Å². The second kappa shape index (κ2) is 2.66. The molecule has 1 aromatic rings. The van der Waals surface area contributed by atoms with E-state index in [1.165, 1.54) is 19.8 Å². The summed E-state index contributed by atoms with van der Waals surface area (Å²) in [4.78, 5) is 10.5. The number of hydrogen-bond acceptors (Lipinski definition) is 3. The van der Waals surface area contributed by atoms with Crippen molar-refractivity contribution in [2.45, 2.75) is 25.7 Å². The lowest BCUT2D eigenvalue weighted by Gasteiger charge is -1.93. The molecule has 1 aliphatic rings. The van der Waals surface area contributed by atoms with Crippen molar-refractivity contribution in [2.24, 2.45) is 0 Å². The highest BCUT2D eigenvalue weighted by atomic mass is 16.6. The summed E-state index contributed by atoms with van der Waals surface area (Å²) >= 11 is 0. The molecule has 3 nitrogen and oxygen atoms in total. The van der Waals surface area contributed by atoms with Gasteiger partial charge in [0.15, 0.2) is 0 Å². The molecule has 0 saturated heterocycles. The summed E-state index contributed by atoms with van der Waals surface area (Å²) in [5.41, 5.74) is 0. The second-order valence-corrected chi connectivity index (χ2v) is 3.02. The molecule has 1 aromatic heterocycles. The van der Waals surface area contributed by atoms with Gasteiger partial charge in [-0.15, -0.1) is 0 Å². The van der Waals surface area contributed by atoms with Crippen LogP contribution >= 0.6 is 0 Å². The van der Waals surface area contributed by atoms with Gasteiger partial charge >= 0.3 is 5.97 Å². The molecule has 2 rings (SSSR count). The third kappa shape index (κ3) is 1.49. The zero-order valence-corrected chi connectivity index (χ0v) is 6.87. The number of rotatable bonds is 2. The van der Waals surface area contributed by atoms with Crippen LogP contribution in [0.4, 0.5) is 0 Å². The lowest BCUT2D eigenvalue weighted by atomic mass is 10.3. The fourth-order valence-electron chi connectivity index (χ4n) is 1.12. The number of hydrogen-bond donors (Lipinski definition) is 0. The SMILES string of the molecule is CC(=O)Oc1ccc(C2CC2)o1. The maximum atomic E-state index is 10.5. The van der Waals surface area contributed by atoms with Crippen LogP contribution in [0.3, 0.4) is 0 Å². The Morgan fingerprint density at radius 3 is 2.92 bits per heavy atom. The van der Waals surface area contributed by atoms with Crippen LogP contribution in [0.5, 0.6) is 5.95 Å². The highest BCUT2D eigenvalue weighted by molar-refractivity contribution is 5.68. The van der Waals surface area contributed by atoms with Crippen molar-refractivity contribution < 1.29 is 13.9 Å². The quantitative estimate of drug-likeness (QED) is 0.631. The van der Waals surface area contributed by atoms with Crippen LogP contribution in [0.1, 0.15) is 31.4 Å². The maximum absolute atomic E-state index is 10.5. The molecule has 1 aliphatic carbocycles. The largest absolute Gasteiger partial charge is 0.430 e. The first-order valence-electron chi connectivity index (χ1n) is 4.04. The zero-order chi connectivity index (χ0) is 8.55. The number of esters is 1. The van der Waals surface area contributed by atoms with Gasteiger partial charge in [0.25, 0.3) is 5.95 Å². The van der Waals surface area contributed by atoms with Gasteiger partial charge in [0, 0.05) is 18.9 Å². The summed E-state index contributed by atoms with van der Waals surface area (Å²) in [6, 6.07) is 3.56. The zero-order valence-electron chi connectivity index (χ0n) is 6.87. The summed E-state index contributed by atoms with van der Waals surface area (Å²) in [6.45, 7) is 1.36. The normalized spacial score (nSPS) is 16.1. The molecule has 0 atom stereocenters. The molecule has 0 unspecified atom stereocenters. The van der Waals surface area contributed by atoms with E-state index in [1.807, 2.05) is 6.07 Å². The fourth-order valence-corrected chi connectivity index (χ4v) is 1.12. The van der Waals surface area contributed by atoms with Gasteiger partial charge in [-0.25, -0.2) is 0 Å². The summed E-state index contributed by atoms with van der Waals surface area (Å²) in [6.07, 6.45) is 2.38. The van der Waals surface area contributed by atoms with Crippen molar-refractivity contribution in [3.8, 4) is 5.95 Å². The Labute approximate surface area is 70.3 Å². The Kier molecular flexibility index (Phi) is 1.64. The Morgan fingerprint density at radius 1 is 1.58 bits per heavy atom. The number of furan rings is 1. The third-order valence-electron chi connectivity index (χ3n) is 1.83. The highest BCUT2D eigenvalue weighted by Gasteiger charge is 2.27. The molecule has 0 bridgehead atoms. The molecule has 0 spiro atoms. The average Bonchev–Trinajstić information content (AvgIpc) is 2.73. The van der Waals surface area contributed by atoms with E-state index in [0.29, 0.717) is 11.9 Å². The lowest BCUT2D eigenvalue weighted by Crippen LogP contribution is -1.99. The van der Waals surface area contributed by atoms with Gasteiger partial charge in [0.2, 0.25) is 0 Å². The van der Waals surface area contributed by atoms with Crippen LogP contribution in [0.15, 0.2) is 16.5 Å². The van der Waals surface area contributed by atoms with E-state index in [4.69, 9.17) is 9.15 Å². The molecule has 1 heterocycles. The van der Waals surface area contributed by atoms with Crippen LogP contribution < -0.4 is 4.74 Å². The van der Waals surface area contributed by atoms with E-state index in [-0.39, 0.29) is 5.97 Å². The monoisotopic (exact) mass is 166 g/mol. The molecule has 0 aromatic carbocycles. The van der Waals surface area contributed by atoms with Crippen LogP contribution in [-0.2, 0) is 4.79 Å². The molecule has 1 fully saturated rings. The molecular formula is C9H10O3. The Hall–Kier alpha value is -1.25. The lowest BCUT2D eigenvalue weighted by molar-refractivity contribution is -0.133. The van der Waals surface area contributed by atoms with Gasteiger partial charge in [-0.2, -0.15) is 0 Å². The van der Waals surface area contributed by atoms with Crippen LogP contribution in [0, 0.1) is 0 Å². The summed E-state index contributed by atoms with van der Waals surface area (Å²) in [5.74, 6) is 1.47.